The first kappa shape index (κ1) is 13.7. The van der Waals surface area contributed by atoms with E-state index in [0.29, 0.717) is 18.2 Å². The van der Waals surface area contributed by atoms with Crippen LogP contribution in [0.1, 0.15) is 37.1 Å². The molecule has 4 nitrogen and oxygen atoms in total. The number of nitrogens with zero attached hydrogens (tertiary/aromatic N) is 3. The van der Waals surface area contributed by atoms with Gasteiger partial charge in [-0.2, -0.15) is 0 Å². The lowest BCUT2D eigenvalue weighted by atomic mass is 10.2. The Bertz CT molecular complexity index is 481. The van der Waals surface area contributed by atoms with Crippen molar-refractivity contribution in [3.8, 4) is 0 Å². The lowest BCUT2D eigenvalue weighted by Crippen LogP contribution is -2.19. The molecule has 0 spiro atoms. The van der Waals surface area contributed by atoms with Crippen LogP contribution >= 0.6 is 0 Å². The lowest BCUT2D eigenvalue weighted by molar-refractivity contribution is 0.281. The number of rotatable bonds is 7. The van der Waals surface area contributed by atoms with Gasteiger partial charge in [0.25, 0.3) is 0 Å². The van der Waals surface area contributed by atoms with E-state index in [2.05, 4.69) is 41.2 Å². The molecule has 102 valence electrons. The summed E-state index contributed by atoms with van der Waals surface area (Å²) in [7, 11) is 2.08. The molecule has 0 bridgehead atoms. The fourth-order valence-corrected chi connectivity index (χ4v) is 1.93. The minimum atomic E-state index is 0.685. The van der Waals surface area contributed by atoms with Crippen molar-refractivity contribution in [2.24, 2.45) is 0 Å². The maximum absolute atomic E-state index is 5.67. The van der Waals surface area contributed by atoms with Crippen molar-refractivity contribution in [1.29, 1.82) is 0 Å². The maximum Gasteiger partial charge on any atom is 0.230 e. The van der Waals surface area contributed by atoms with Gasteiger partial charge in [0.2, 0.25) is 11.8 Å². The van der Waals surface area contributed by atoms with Crippen molar-refractivity contribution < 1.29 is 4.42 Å². The average molecular weight is 259 g/mol. The summed E-state index contributed by atoms with van der Waals surface area (Å²) < 4.78 is 5.67. The van der Waals surface area contributed by atoms with Crippen LogP contribution in [-0.4, -0.2) is 28.7 Å². The summed E-state index contributed by atoms with van der Waals surface area (Å²) in [5.74, 6) is 1.38. The highest BCUT2D eigenvalue weighted by molar-refractivity contribution is 5.17. The topological polar surface area (TPSA) is 42.2 Å². The van der Waals surface area contributed by atoms with Gasteiger partial charge >= 0.3 is 0 Å². The molecule has 0 atom stereocenters. The van der Waals surface area contributed by atoms with Gasteiger partial charge in [0, 0.05) is 0 Å². The Labute approximate surface area is 114 Å². The molecule has 19 heavy (non-hydrogen) atoms. The normalized spacial score (nSPS) is 11.1. The van der Waals surface area contributed by atoms with Crippen molar-refractivity contribution in [3.05, 3.63) is 47.7 Å². The van der Waals surface area contributed by atoms with Crippen molar-refractivity contribution in [1.82, 2.24) is 15.1 Å². The Balaban J connectivity index is 1.88. The summed E-state index contributed by atoms with van der Waals surface area (Å²) in [6.45, 7) is 3.98. The standard InChI is InChI=1S/C15H21N3O/c1-3-4-10-18(2)12-15-17-16-14(19-15)11-13-8-6-5-7-9-13/h5-9H,3-4,10-12H2,1-2H3. The van der Waals surface area contributed by atoms with Crippen molar-refractivity contribution >= 4 is 0 Å². The molecule has 1 heterocycles. The summed E-state index contributed by atoms with van der Waals surface area (Å²) in [6, 6.07) is 10.2. The van der Waals surface area contributed by atoms with Gasteiger partial charge in [-0.15, -0.1) is 10.2 Å². The summed E-state index contributed by atoms with van der Waals surface area (Å²) in [5.41, 5.74) is 1.19. The molecule has 0 aliphatic heterocycles. The number of aromatic nitrogens is 2. The van der Waals surface area contributed by atoms with Crippen LogP contribution < -0.4 is 0 Å². The summed E-state index contributed by atoms with van der Waals surface area (Å²) in [5, 5.41) is 8.20. The Hall–Kier alpha value is -1.68. The van der Waals surface area contributed by atoms with Crippen LogP contribution in [0, 0.1) is 0 Å². The Morgan fingerprint density at radius 2 is 1.84 bits per heavy atom. The number of hydrogen-bond donors (Lipinski definition) is 0. The van der Waals surface area contributed by atoms with E-state index < -0.39 is 0 Å². The zero-order valence-electron chi connectivity index (χ0n) is 11.7. The number of benzene rings is 1. The predicted octanol–water partition coefficient (Wildman–Crippen LogP) is 2.89. The van der Waals surface area contributed by atoms with Gasteiger partial charge < -0.3 is 4.42 Å². The molecule has 0 saturated heterocycles. The molecule has 1 aromatic carbocycles. The van der Waals surface area contributed by atoms with E-state index in [1.165, 1.54) is 18.4 Å². The average Bonchev–Trinajstić information content (AvgIpc) is 2.85. The van der Waals surface area contributed by atoms with E-state index in [1.807, 2.05) is 18.2 Å². The fourth-order valence-electron chi connectivity index (χ4n) is 1.93. The third kappa shape index (κ3) is 4.48. The monoisotopic (exact) mass is 259 g/mol. The highest BCUT2D eigenvalue weighted by atomic mass is 16.4. The summed E-state index contributed by atoms with van der Waals surface area (Å²) >= 11 is 0. The molecule has 0 aliphatic rings. The van der Waals surface area contributed by atoms with Gasteiger partial charge in [0.05, 0.1) is 13.0 Å². The van der Waals surface area contributed by atoms with Crippen LogP contribution in [0.4, 0.5) is 0 Å². The zero-order chi connectivity index (χ0) is 13.5. The molecule has 1 aromatic heterocycles. The van der Waals surface area contributed by atoms with Crippen LogP contribution in [0.25, 0.3) is 0 Å². The minimum Gasteiger partial charge on any atom is -0.424 e. The van der Waals surface area contributed by atoms with Gasteiger partial charge in [0.15, 0.2) is 0 Å². The molecule has 0 unspecified atom stereocenters. The SMILES string of the molecule is CCCCN(C)Cc1nnc(Cc2ccccc2)o1. The zero-order valence-corrected chi connectivity index (χ0v) is 11.7. The van der Waals surface area contributed by atoms with E-state index in [-0.39, 0.29) is 0 Å². The van der Waals surface area contributed by atoms with Crippen molar-refractivity contribution in [2.75, 3.05) is 13.6 Å². The van der Waals surface area contributed by atoms with E-state index in [9.17, 15) is 0 Å². The molecular weight excluding hydrogens is 238 g/mol. The van der Waals surface area contributed by atoms with Gasteiger partial charge in [-0.25, -0.2) is 0 Å². The quantitative estimate of drug-likeness (QED) is 0.766. The predicted molar refractivity (Wildman–Crippen MR) is 74.8 cm³/mol. The van der Waals surface area contributed by atoms with E-state index in [1.54, 1.807) is 0 Å². The van der Waals surface area contributed by atoms with E-state index >= 15 is 0 Å². The lowest BCUT2D eigenvalue weighted by Gasteiger charge is -2.12. The van der Waals surface area contributed by atoms with Crippen LogP contribution in [0.3, 0.4) is 0 Å². The van der Waals surface area contributed by atoms with E-state index in [4.69, 9.17) is 4.42 Å². The van der Waals surface area contributed by atoms with Gasteiger partial charge in [-0.1, -0.05) is 43.7 Å². The second kappa shape index (κ2) is 7.04. The second-order valence-corrected chi connectivity index (χ2v) is 4.84. The van der Waals surface area contributed by atoms with Gasteiger partial charge in [-0.3, -0.25) is 4.90 Å². The molecule has 2 aromatic rings. The molecule has 2 rings (SSSR count). The first-order valence-corrected chi connectivity index (χ1v) is 6.81. The van der Waals surface area contributed by atoms with E-state index in [0.717, 1.165) is 13.1 Å². The molecule has 0 amide bonds. The smallest absolute Gasteiger partial charge is 0.230 e. The molecular formula is C15H21N3O. The van der Waals surface area contributed by atoms with Gasteiger partial charge in [-0.05, 0) is 25.6 Å². The van der Waals surface area contributed by atoms with Crippen molar-refractivity contribution in [3.63, 3.8) is 0 Å². The van der Waals surface area contributed by atoms with Crippen LogP contribution in [0.5, 0.6) is 0 Å². The fraction of sp³-hybridized carbons (Fsp3) is 0.467. The molecule has 0 radical (unpaired) electrons. The summed E-state index contributed by atoms with van der Waals surface area (Å²) in [4.78, 5) is 2.21. The Kier molecular flexibility index (Phi) is 5.10. The largest absolute Gasteiger partial charge is 0.424 e. The second-order valence-electron chi connectivity index (χ2n) is 4.84. The third-order valence-electron chi connectivity index (χ3n) is 3.01. The highest BCUT2D eigenvalue weighted by Gasteiger charge is 2.09. The number of hydrogen-bond acceptors (Lipinski definition) is 4. The minimum absolute atomic E-state index is 0.685. The first-order valence-electron chi connectivity index (χ1n) is 6.81. The molecule has 0 fully saturated rings. The molecule has 0 aliphatic carbocycles. The van der Waals surface area contributed by atoms with Crippen LogP contribution in [0.2, 0.25) is 0 Å². The van der Waals surface area contributed by atoms with Crippen LogP contribution in [0.15, 0.2) is 34.7 Å². The molecule has 0 saturated carbocycles. The Morgan fingerprint density at radius 3 is 2.58 bits per heavy atom. The maximum atomic E-state index is 5.67. The Morgan fingerprint density at radius 1 is 1.11 bits per heavy atom. The summed E-state index contributed by atoms with van der Waals surface area (Å²) in [6.07, 6.45) is 3.10. The van der Waals surface area contributed by atoms with Crippen LogP contribution in [-0.2, 0) is 13.0 Å². The van der Waals surface area contributed by atoms with Gasteiger partial charge in [0.1, 0.15) is 0 Å². The van der Waals surface area contributed by atoms with Crippen molar-refractivity contribution in [2.45, 2.75) is 32.7 Å². The highest BCUT2D eigenvalue weighted by Crippen LogP contribution is 2.09. The number of unbranched alkanes of at least 4 members (excludes halogenated alkanes) is 1. The molecule has 0 N–H and O–H groups in total. The third-order valence-corrected chi connectivity index (χ3v) is 3.01. The molecule has 4 heteroatoms. The first-order chi connectivity index (χ1) is 9.28.